The van der Waals surface area contributed by atoms with Gasteiger partial charge in [-0.2, -0.15) is 13.2 Å². The monoisotopic (exact) mass is 306 g/mol. The molecule has 2 rings (SSSR count). The number of carbonyl (C=O) groups is 1. The van der Waals surface area contributed by atoms with Gasteiger partial charge in [0.2, 0.25) is 5.76 Å². The van der Waals surface area contributed by atoms with E-state index in [1.807, 2.05) is 0 Å². The van der Waals surface area contributed by atoms with Gasteiger partial charge in [-0.15, -0.1) is 0 Å². The van der Waals surface area contributed by atoms with Crippen molar-refractivity contribution in [2.45, 2.75) is 6.18 Å². The Morgan fingerprint density at radius 1 is 1.25 bits per heavy atom. The highest BCUT2D eigenvalue weighted by Gasteiger charge is 2.34. The van der Waals surface area contributed by atoms with E-state index in [0.717, 1.165) is 18.2 Å². The molecule has 0 atom stereocenters. The van der Waals surface area contributed by atoms with Crippen LogP contribution in [0, 0.1) is 0 Å². The zero-order valence-corrected chi connectivity index (χ0v) is 10.3. The van der Waals surface area contributed by atoms with Crippen molar-refractivity contribution in [2.24, 2.45) is 0 Å². The minimum Gasteiger partial charge on any atom is -0.475 e. The molecule has 0 saturated heterocycles. The zero-order valence-electron chi connectivity index (χ0n) is 9.57. The van der Waals surface area contributed by atoms with E-state index in [0.29, 0.717) is 0 Å². The van der Waals surface area contributed by atoms with Gasteiger partial charge in [0.15, 0.2) is 0 Å². The van der Waals surface area contributed by atoms with E-state index in [-0.39, 0.29) is 11.7 Å². The highest BCUT2D eigenvalue weighted by atomic mass is 35.5. The van der Waals surface area contributed by atoms with E-state index >= 15 is 0 Å². The van der Waals surface area contributed by atoms with Crippen LogP contribution >= 0.6 is 11.6 Å². The van der Waals surface area contributed by atoms with E-state index < -0.39 is 28.5 Å². The molecule has 4 nitrogen and oxygen atoms in total. The Kier molecular flexibility index (Phi) is 3.63. The van der Waals surface area contributed by atoms with Crippen LogP contribution in [0.4, 0.5) is 13.2 Å². The maximum Gasteiger partial charge on any atom is 0.417 e. The summed E-state index contributed by atoms with van der Waals surface area (Å²) in [5.41, 5.74) is -1.05. The average molecular weight is 307 g/mol. The van der Waals surface area contributed by atoms with Crippen LogP contribution in [0.5, 0.6) is 11.7 Å². The fraction of sp³-hybridized carbons (Fsp3) is 0.0833. The normalized spacial score (nSPS) is 11.4. The molecule has 1 N–H and O–H groups in total. The first-order valence-corrected chi connectivity index (χ1v) is 5.53. The Morgan fingerprint density at radius 2 is 1.95 bits per heavy atom. The molecule has 0 spiro atoms. The van der Waals surface area contributed by atoms with Gasteiger partial charge in [0.05, 0.1) is 10.6 Å². The van der Waals surface area contributed by atoms with Gasteiger partial charge in [0.1, 0.15) is 5.75 Å². The first-order chi connectivity index (χ1) is 9.29. The fourth-order valence-corrected chi connectivity index (χ4v) is 1.68. The summed E-state index contributed by atoms with van der Waals surface area (Å²) in [6, 6.07) is 5.41. The Morgan fingerprint density at radius 3 is 2.50 bits per heavy atom. The topological polar surface area (TPSA) is 59.7 Å². The summed E-state index contributed by atoms with van der Waals surface area (Å²) in [5.74, 6) is -2.28. The first kappa shape index (κ1) is 14.3. The van der Waals surface area contributed by atoms with Crippen molar-refractivity contribution >= 4 is 17.6 Å². The maximum atomic E-state index is 12.6. The lowest BCUT2D eigenvalue weighted by molar-refractivity contribution is -0.137. The predicted molar refractivity (Wildman–Crippen MR) is 62.2 cm³/mol. The fourth-order valence-electron chi connectivity index (χ4n) is 1.41. The predicted octanol–water partition coefficient (Wildman–Crippen LogP) is 4.44. The molecule has 0 amide bonds. The molecule has 0 aliphatic rings. The molecule has 1 heterocycles. The summed E-state index contributed by atoms with van der Waals surface area (Å²) < 4.78 is 47.7. The molecule has 0 aliphatic carbocycles. The van der Waals surface area contributed by atoms with Crippen molar-refractivity contribution in [1.82, 2.24) is 0 Å². The number of aromatic carboxylic acids is 1. The lowest BCUT2D eigenvalue weighted by Gasteiger charge is -2.11. The van der Waals surface area contributed by atoms with Crippen LogP contribution in [-0.4, -0.2) is 11.1 Å². The van der Waals surface area contributed by atoms with Crippen LogP contribution in [-0.2, 0) is 6.18 Å². The number of halogens is 4. The molecule has 1 aromatic heterocycles. The number of furan rings is 1. The molecule has 0 fully saturated rings. The second-order valence-electron chi connectivity index (χ2n) is 3.64. The van der Waals surface area contributed by atoms with E-state index in [1.165, 1.54) is 12.1 Å². The molecule has 2 aromatic rings. The quantitative estimate of drug-likeness (QED) is 0.910. The van der Waals surface area contributed by atoms with Gasteiger partial charge in [-0.3, -0.25) is 0 Å². The van der Waals surface area contributed by atoms with Crippen LogP contribution in [0.2, 0.25) is 5.02 Å². The van der Waals surface area contributed by atoms with E-state index in [9.17, 15) is 18.0 Å². The number of hydrogen-bond donors (Lipinski definition) is 1. The molecule has 20 heavy (non-hydrogen) atoms. The van der Waals surface area contributed by atoms with Gasteiger partial charge >= 0.3 is 12.1 Å². The van der Waals surface area contributed by atoms with Crippen molar-refractivity contribution in [3.8, 4) is 11.7 Å². The second-order valence-corrected chi connectivity index (χ2v) is 4.02. The van der Waals surface area contributed by atoms with Crippen LogP contribution in [0.1, 0.15) is 16.1 Å². The number of alkyl halides is 3. The van der Waals surface area contributed by atoms with Crippen LogP contribution in [0.3, 0.4) is 0 Å². The smallest absolute Gasteiger partial charge is 0.417 e. The lowest BCUT2D eigenvalue weighted by atomic mass is 10.2. The maximum absolute atomic E-state index is 12.6. The van der Waals surface area contributed by atoms with Gasteiger partial charge in [-0.05, 0) is 18.2 Å². The molecule has 0 saturated carbocycles. The van der Waals surface area contributed by atoms with Gasteiger partial charge in [-0.1, -0.05) is 17.7 Å². The average Bonchev–Trinajstić information content (AvgIpc) is 2.79. The van der Waals surface area contributed by atoms with Crippen LogP contribution in [0.15, 0.2) is 34.7 Å². The summed E-state index contributed by atoms with van der Waals surface area (Å²) in [7, 11) is 0. The molecule has 0 unspecified atom stereocenters. The third kappa shape index (κ3) is 2.88. The SMILES string of the molecule is O=C(O)c1ccc(Oc2cccc(C(F)(F)F)c2Cl)o1. The summed E-state index contributed by atoms with van der Waals surface area (Å²) in [4.78, 5) is 10.6. The van der Waals surface area contributed by atoms with E-state index in [1.54, 1.807) is 0 Å². The Labute approximate surface area is 115 Å². The molecule has 1 aromatic carbocycles. The molecular formula is C12H6ClF3O4. The van der Waals surface area contributed by atoms with Crippen molar-refractivity contribution in [3.05, 3.63) is 46.7 Å². The van der Waals surface area contributed by atoms with Crippen molar-refractivity contribution < 1.29 is 32.2 Å². The highest BCUT2D eigenvalue weighted by molar-refractivity contribution is 6.32. The first-order valence-electron chi connectivity index (χ1n) is 5.15. The molecule has 106 valence electrons. The molecule has 8 heteroatoms. The Bertz CT molecular complexity index is 648. The highest BCUT2D eigenvalue weighted by Crippen LogP contribution is 2.40. The van der Waals surface area contributed by atoms with Gasteiger partial charge < -0.3 is 14.3 Å². The van der Waals surface area contributed by atoms with Gasteiger partial charge in [-0.25, -0.2) is 4.79 Å². The van der Waals surface area contributed by atoms with Crippen LogP contribution in [0.25, 0.3) is 0 Å². The number of hydrogen-bond acceptors (Lipinski definition) is 3. The Hall–Kier alpha value is -2.15. The summed E-state index contributed by atoms with van der Waals surface area (Å²) in [6.07, 6.45) is -4.62. The number of ether oxygens (including phenoxy) is 1. The lowest BCUT2D eigenvalue weighted by Crippen LogP contribution is -2.06. The third-order valence-electron chi connectivity index (χ3n) is 2.27. The number of carboxylic acid groups (broad SMARTS) is 1. The number of carboxylic acids is 1. The summed E-state index contributed by atoms with van der Waals surface area (Å²) in [5, 5.41) is 8.01. The van der Waals surface area contributed by atoms with Gasteiger partial charge in [0.25, 0.3) is 5.95 Å². The minimum atomic E-state index is -4.62. The summed E-state index contributed by atoms with van der Waals surface area (Å²) in [6.45, 7) is 0. The minimum absolute atomic E-state index is 0.274. The largest absolute Gasteiger partial charge is 0.475 e. The van der Waals surface area contributed by atoms with E-state index in [2.05, 4.69) is 0 Å². The zero-order chi connectivity index (χ0) is 14.9. The summed E-state index contributed by atoms with van der Waals surface area (Å²) >= 11 is 5.61. The van der Waals surface area contributed by atoms with E-state index in [4.69, 9.17) is 25.9 Å². The van der Waals surface area contributed by atoms with Crippen molar-refractivity contribution in [1.29, 1.82) is 0 Å². The number of rotatable bonds is 3. The van der Waals surface area contributed by atoms with Crippen molar-refractivity contribution in [2.75, 3.05) is 0 Å². The molecule has 0 radical (unpaired) electrons. The molecule has 0 aliphatic heterocycles. The van der Waals surface area contributed by atoms with Crippen molar-refractivity contribution in [3.63, 3.8) is 0 Å². The standard InChI is InChI=1S/C12H6ClF3O4/c13-10-6(12(14,15)16)2-1-3-7(10)19-9-5-4-8(20-9)11(17)18/h1-5H,(H,17,18). The molecule has 0 bridgehead atoms. The Balaban J connectivity index is 2.32. The molecular weight excluding hydrogens is 301 g/mol. The third-order valence-corrected chi connectivity index (χ3v) is 2.66. The second kappa shape index (κ2) is 5.09. The van der Waals surface area contributed by atoms with Gasteiger partial charge in [0, 0.05) is 6.07 Å². The number of benzene rings is 1. The van der Waals surface area contributed by atoms with Crippen LogP contribution < -0.4 is 4.74 Å².